The number of nitrogens with one attached hydrogen (secondary N) is 1. The van der Waals surface area contributed by atoms with Crippen molar-refractivity contribution in [1.29, 1.82) is 0 Å². The van der Waals surface area contributed by atoms with E-state index in [2.05, 4.69) is 22.5 Å². The van der Waals surface area contributed by atoms with Crippen LogP contribution in [0, 0.1) is 0 Å². The third-order valence-electron chi connectivity index (χ3n) is 3.71. The van der Waals surface area contributed by atoms with Crippen LogP contribution in [0.2, 0.25) is 0 Å². The molecule has 104 valence electrons. The zero-order valence-electron chi connectivity index (χ0n) is 10.9. The number of rotatable bonds is 5. The first-order chi connectivity index (χ1) is 9.70. The molecule has 1 aromatic heterocycles. The third-order valence-corrected chi connectivity index (χ3v) is 4.32. The largest absolute Gasteiger partial charge is 0.354 e. The summed E-state index contributed by atoms with van der Waals surface area (Å²) < 4.78 is 1.18. The lowest BCUT2D eigenvalue weighted by Gasteiger charge is -2.16. The van der Waals surface area contributed by atoms with Gasteiger partial charge < -0.3 is 5.32 Å². The number of hydrogen-bond donors (Lipinski definition) is 1. The highest BCUT2D eigenvalue weighted by Crippen LogP contribution is 2.47. The van der Waals surface area contributed by atoms with E-state index in [-0.39, 0.29) is 22.7 Å². The molecule has 0 aliphatic heterocycles. The van der Waals surface area contributed by atoms with Gasteiger partial charge in [-0.2, -0.15) is 5.10 Å². The van der Waals surface area contributed by atoms with Crippen LogP contribution in [0.5, 0.6) is 0 Å². The van der Waals surface area contributed by atoms with Gasteiger partial charge in [0.05, 0.1) is 0 Å². The summed E-state index contributed by atoms with van der Waals surface area (Å²) in [5.74, 6) is -0.166. The number of benzene rings is 1. The summed E-state index contributed by atoms with van der Waals surface area (Å²) in [5.41, 5.74) is 2.80. The second-order valence-corrected chi connectivity index (χ2v) is 5.88. The summed E-state index contributed by atoms with van der Waals surface area (Å²) in [4.78, 5) is 23.0. The molecule has 0 radical (unpaired) electrons. The molecule has 1 fully saturated rings. The zero-order chi connectivity index (χ0) is 14.0. The van der Waals surface area contributed by atoms with Crippen LogP contribution in [0.25, 0.3) is 0 Å². The average Bonchev–Trinajstić information content (AvgIpc) is 3.17. The van der Waals surface area contributed by atoms with Crippen LogP contribution in [0.15, 0.2) is 40.6 Å². The van der Waals surface area contributed by atoms with Crippen molar-refractivity contribution in [3.63, 3.8) is 0 Å². The highest BCUT2D eigenvalue weighted by Gasteiger charge is 2.44. The SMILES string of the molecule is O=C(Cn1ncsc1=O)NCC1(c2ccccc2)CC1. The monoisotopic (exact) mass is 289 g/mol. The lowest BCUT2D eigenvalue weighted by Crippen LogP contribution is -2.36. The van der Waals surface area contributed by atoms with Gasteiger partial charge in [-0.05, 0) is 18.4 Å². The molecular weight excluding hydrogens is 274 g/mol. The van der Waals surface area contributed by atoms with E-state index < -0.39 is 0 Å². The van der Waals surface area contributed by atoms with Gasteiger partial charge in [0, 0.05) is 12.0 Å². The van der Waals surface area contributed by atoms with Gasteiger partial charge in [0.2, 0.25) is 5.91 Å². The van der Waals surface area contributed by atoms with Gasteiger partial charge in [-0.3, -0.25) is 9.59 Å². The first-order valence-electron chi connectivity index (χ1n) is 6.52. The van der Waals surface area contributed by atoms with Crippen molar-refractivity contribution in [3.8, 4) is 0 Å². The maximum atomic E-state index is 11.9. The zero-order valence-corrected chi connectivity index (χ0v) is 11.7. The van der Waals surface area contributed by atoms with Gasteiger partial charge in [0.15, 0.2) is 0 Å². The molecule has 0 bridgehead atoms. The van der Waals surface area contributed by atoms with E-state index in [0.29, 0.717) is 6.54 Å². The quantitative estimate of drug-likeness (QED) is 0.898. The molecule has 0 unspecified atom stereocenters. The topological polar surface area (TPSA) is 64.0 Å². The van der Waals surface area contributed by atoms with E-state index in [1.165, 1.54) is 15.8 Å². The highest BCUT2D eigenvalue weighted by atomic mass is 32.1. The minimum Gasteiger partial charge on any atom is -0.354 e. The number of nitrogens with zero attached hydrogens (tertiary/aromatic N) is 2. The molecule has 1 aliphatic rings. The lowest BCUT2D eigenvalue weighted by atomic mass is 9.96. The Hall–Kier alpha value is -1.95. The van der Waals surface area contributed by atoms with E-state index in [1.54, 1.807) is 0 Å². The molecule has 1 amide bonds. The molecular formula is C14H15N3O2S. The van der Waals surface area contributed by atoms with E-state index in [0.717, 1.165) is 24.2 Å². The Kier molecular flexibility index (Phi) is 3.40. The molecule has 3 rings (SSSR count). The fourth-order valence-corrected chi connectivity index (χ4v) is 2.79. The smallest absolute Gasteiger partial charge is 0.325 e. The first-order valence-corrected chi connectivity index (χ1v) is 7.40. The van der Waals surface area contributed by atoms with Crippen LogP contribution in [0.4, 0.5) is 0 Å². The van der Waals surface area contributed by atoms with Crippen molar-refractivity contribution in [2.45, 2.75) is 24.8 Å². The molecule has 1 saturated carbocycles. The number of aromatic nitrogens is 2. The van der Waals surface area contributed by atoms with Crippen LogP contribution < -0.4 is 10.2 Å². The molecule has 1 aromatic carbocycles. The molecule has 0 atom stereocenters. The Bertz CT molecular complexity index is 658. The first kappa shape index (κ1) is 13.1. The van der Waals surface area contributed by atoms with Crippen molar-refractivity contribution in [3.05, 3.63) is 51.1 Å². The Morgan fingerprint density at radius 2 is 2.10 bits per heavy atom. The number of amides is 1. The standard InChI is InChI=1S/C14H15N3O2S/c18-12(8-17-13(19)20-10-16-17)15-9-14(6-7-14)11-4-2-1-3-5-11/h1-5,10H,6-9H2,(H,15,18). The molecule has 1 aliphatic carbocycles. The molecule has 1 heterocycles. The summed E-state index contributed by atoms with van der Waals surface area (Å²) in [5, 5.41) is 6.75. The lowest BCUT2D eigenvalue weighted by molar-refractivity contribution is -0.122. The third kappa shape index (κ3) is 2.65. The minimum atomic E-state index is -0.204. The van der Waals surface area contributed by atoms with Crippen LogP contribution in [0.1, 0.15) is 18.4 Å². The van der Waals surface area contributed by atoms with Gasteiger partial charge in [-0.25, -0.2) is 4.68 Å². The predicted molar refractivity (Wildman–Crippen MR) is 76.7 cm³/mol. The molecule has 20 heavy (non-hydrogen) atoms. The molecule has 6 heteroatoms. The summed E-state index contributed by atoms with van der Waals surface area (Å²) in [6.45, 7) is 0.613. The average molecular weight is 289 g/mol. The number of carbonyl (C=O) groups is 1. The van der Waals surface area contributed by atoms with Crippen molar-refractivity contribution >= 4 is 17.2 Å². The van der Waals surface area contributed by atoms with Crippen LogP contribution in [-0.2, 0) is 16.8 Å². The van der Waals surface area contributed by atoms with Crippen molar-refractivity contribution in [2.75, 3.05) is 6.54 Å². The Labute approximate surface area is 120 Å². The Morgan fingerprint density at radius 1 is 1.35 bits per heavy atom. The van der Waals surface area contributed by atoms with E-state index in [9.17, 15) is 9.59 Å². The van der Waals surface area contributed by atoms with Crippen molar-refractivity contribution < 1.29 is 4.79 Å². The Balaban J connectivity index is 1.59. The second-order valence-electron chi connectivity index (χ2n) is 5.09. The molecule has 0 spiro atoms. The van der Waals surface area contributed by atoms with Crippen molar-refractivity contribution in [2.24, 2.45) is 0 Å². The number of hydrogen-bond acceptors (Lipinski definition) is 4. The molecule has 5 nitrogen and oxygen atoms in total. The maximum Gasteiger partial charge on any atom is 0.325 e. The second kappa shape index (κ2) is 5.20. The van der Waals surface area contributed by atoms with E-state index in [1.807, 2.05) is 18.2 Å². The molecule has 2 aromatic rings. The van der Waals surface area contributed by atoms with Gasteiger partial charge in [0.1, 0.15) is 12.1 Å². The maximum absolute atomic E-state index is 11.9. The van der Waals surface area contributed by atoms with Gasteiger partial charge in [-0.15, -0.1) is 0 Å². The van der Waals surface area contributed by atoms with Crippen LogP contribution >= 0.6 is 11.3 Å². The normalized spacial score (nSPS) is 15.8. The van der Waals surface area contributed by atoms with Crippen LogP contribution in [-0.4, -0.2) is 22.2 Å². The van der Waals surface area contributed by atoms with E-state index in [4.69, 9.17) is 0 Å². The molecule has 1 N–H and O–H groups in total. The fourth-order valence-electron chi connectivity index (χ4n) is 2.31. The highest BCUT2D eigenvalue weighted by molar-refractivity contribution is 7.06. The summed E-state index contributed by atoms with van der Waals surface area (Å²) in [6.07, 6.45) is 2.18. The predicted octanol–water partition coefficient (Wildman–Crippen LogP) is 1.15. The minimum absolute atomic E-state index is 0.00674. The summed E-state index contributed by atoms with van der Waals surface area (Å²) in [6, 6.07) is 10.2. The van der Waals surface area contributed by atoms with Crippen molar-refractivity contribution in [1.82, 2.24) is 15.1 Å². The Morgan fingerprint density at radius 3 is 2.70 bits per heavy atom. The fraction of sp³-hybridized carbons (Fsp3) is 0.357. The molecule has 0 saturated heterocycles. The summed E-state index contributed by atoms with van der Waals surface area (Å²) >= 11 is 0.996. The van der Waals surface area contributed by atoms with Gasteiger partial charge in [0.25, 0.3) is 0 Å². The van der Waals surface area contributed by atoms with E-state index >= 15 is 0 Å². The van der Waals surface area contributed by atoms with Crippen LogP contribution in [0.3, 0.4) is 0 Å². The number of carbonyl (C=O) groups excluding carboxylic acids is 1. The van der Waals surface area contributed by atoms with Gasteiger partial charge in [-0.1, -0.05) is 41.7 Å². The summed E-state index contributed by atoms with van der Waals surface area (Å²) in [7, 11) is 0. The van der Waals surface area contributed by atoms with Gasteiger partial charge >= 0.3 is 4.87 Å².